The number of hydrogen-bond acceptors (Lipinski definition) is 2. The van der Waals surface area contributed by atoms with Gasteiger partial charge < -0.3 is 10.1 Å². The Morgan fingerprint density at radius 2 is 1.40 bits per heavy atom. The first kappa shape index (κ1) is 19.0. The van der Waals surface area contributed by atoms with Crippen LogP contribution in [0.2, 0.25) is 0 Å². The third-order valence-electron chi connectivity index (χ3n) is 3.97. The molecular formula is C22H24ClNO. The molecule has 1 N–H and O–H groups in total. The van der Waals surface area contributed by atoms with Crippen LogP contribution in [0.5, 0.6) is 5.75 Å². The zero-order valence-electron chi connectivity index (χ0n) is 14.4. The lowest BCUT2D eigenvalue weighted by Gasteiger charge is -2.12. The lowest BCUT2D eigenvalue weighted by atomic mass is 10.1. The molecule has 0 aliphatic carbocycles. The number of nitrogens with one attached hydrogen (secondary N) is 1. The second-order valence-electron chi connectivity index (χ2n) is 5.97. The highest BCUT2D eigenvalue weighted by atomic mass is 35.5. The summed E-state index contributed by atoms with van der Waals surface area (Å²) in [6.45, 7) is 4.35. The largest absolute Gasteiger partial charge is 0.489 e. The van der Waals surface area contributed by atoms with Gasteiger partial charge in [-0.25, -0.2) is 0 Å². The number of para-hydroxylation sites is 1. The van der Waals surface area contributed by atoms with E-state index >= 15 is 0 Å². The Balaban J connectivity index is 0.00000225. The highest BCUT2D eigenvalue weighted by Crippen LogP contribution is 2.19. The summed E-state index contributed by atoms with van der Waals surface area (Å²) in [7, 11) is 0. The van der Waals surface area contributed by atoms with Crippen molar-refractivity contribution >= 4 is 12.4 Å². The summed E-state index contributed by atoms with van der Waals surface area (Å²) in [4.78, 5) is 0. The zero-order chi connectivity index (χ0) is 16.6. The summed E-state index contributed by atoms with van der Waals surface area (Å²) in [6.07, 6.45) is 0. The van der Waals surface area contributed by atoms with Crippen LogP contribution in [0.25, 0.3) is 0 Å². The summed E-state index contributed by atoms with van der Waals surface area (Å²) < 4.78 is 6.00. The molecule has 25 heavy (non-hydrogen) atoms. The molecule has 0 unspecified atom stereocenters. The third-order valence-corrected chi connectivity index (χ3v) is 3.97. The van der Waals surface area contributed by atoms with Gasteiger partial charge in [0.25, 0.3) is 0 Å². The van der Waals surface area contributed by atoms with Gasteiger partial charge in [-0.1, -0.05) is 78.4 Å². The van der Waals surface area contributed by atoms with E-state index < -0.39 is 0 Å². The molecule has 0 aliphatic heterocycles. The first-order valence-electron chi connectivity index (χ1n) is 8.32. The van der Waals surface area contributed by atoms with Crippen LogP contribution in [0.15, 0.2) is 78.9 Å². The van der Waals surface area contributed by atoms with Crippen molar-refractivity contribution in [2.45, 2.75) is 26.6 Å². The van der Waals surface area contributed by atoms with Gasteiger partial charge >= 0.3 is 0 Å². The van der Waals surface area contributed by atoms with Crippen LogP contribution in [0.3, 0.4) is 0 Å². The maximum atomic E-state index is 6.00. The highest BCUT2D eigenvalue weighted by Gasteiger charge is 2.03. The molecule has 130 valence electrons. The highest BCUT2D eigenvalue weighted by molar-refractivity contribution is 5.85. The van der Waals surface area contributed by atoms with Crippen LogP contribution in [-0.4, -0.2) is 0 Å². The summed E-state index contributed by atoms with van der Waals surface area (Å²) >= 11 is 0. The number of halogens is 1. The summed E-state index contributed by atoms with van der Waals surface area (Å²) in [5.41, 5.74) is 4.95. The molecule has 0 saturated carbocycles. The number of rotatable bonds is 7. The Kier molecular flexibility index (Phi) is 7.52. The average molecular weight is 354 g/mol. The summed E-state index contributed by atoms with van der Waals surface area (Å²) in [6, 6.07) is 27.1. The Morgan fingerprint density at radius 3 is 2.16 bits per heavy atom. The lowest BCUT2D eigenvalue weighted by molar-refractivity contribution is 0.302. The molecule has 3 aromatic carbocycles. The lowest BCUT2D eigenvalue weighted by Crippen LogP contribution is -2.13. The predicted octanol–water partition coefficient (Wildman–Crippen LogP) is 5.29. The summed E-state index contributed by atoms with van der Waals surface area (Å²) in [5.74, 6) is 0.942. The Labute approximate surface area is 156 Å². The normalized spacial score (nSPS) is 10.1. The molecule has 0 aromatic heterocycles. The fourth-order valence-corrected chi connectivity index (χ4v) is 2.57. The molecule has 2 nitrogen and oxygen atoms in total. The van der Waals surface area contributed by atoms with Crippen LogP contribution in [0.1, 0.15) is 22.3 Å². The molecule has 0 amide bonds. The first-order chi connectivity index (χ1) is 11.8. The molecule has 0 bridgehead atoms. The quantitative estimate of drug-likeness (QED) is 0.623. The molecule has 0 heterocycles. The maximum Gasteiger partial charge on any atom is 0.124 e. The standard InChI is InChI=1S/C22H23NO.ClH/c1-18-11-13-19(14-12-18)15-23-16-21-9-5-6-10-22(21)24-17-20-7-3-2-4-8-20;/h2-14,23H,15-17H2,1H3;1H. The number of aryl methyl sites for hydroxylation is 1. The molecule has 0 saturated heterocycles. The molecule has 3 rings (SSSR count). The minimum atomic E-state index is 0. The van der Waals surface area contributed by atoms with Gasteiger partial charge in [0.15, 0.2) is 0 Å². The molecule has 0 spiro atoms. The molecular weight excluding hydrogens is 330 g/mol. The van der Waals surface area contributed by atoms with E-state index in [4.69, 9.17) is 4.74 Å². The minimum absolute atomic E-state index is 0. The van der Waals surface area contributed by atoms with Crippen LogP contribution < -0.4 is 10.1 Å². The second-order valence-corrected chi connectivity index (χ2v) is 5.97. The van der Waals surface area contributed by atoms with Gasteiger partial charge in [0.1, 0.15) is 12.4 Å². The van der Waals surface area contributed by atoms with E-state index in [1.165, 1.54) is 22.3 Å². The van der Waals surface area contributed by atoms with E-state index in [1.54, 1.807) is 0 Å². The molecule has 0 fully saturated rings. The van der Waals surface area contributed by atoms with Gasteiger partial charge in [0.05, 0.1) is 0 Å². The maximum absolute atomic E-state index is 6.00. The van der Waals surface area contributed by atoms with Gasteiger partial charge in [-0.2, -0.15) is 0 Å². The van der Waals surface area contributed by atoms with E-state index in [2.05, 4.69) is 60.8 Å². The van der Waals surface area contributed by atoms with Gasteiger partial charge in [0.2, 0.25) is 0 Å². The van der Waals surface area contributed by atoms with E-state index in [0.29, 0.717) is 6.61 Å². The Morgan fingerprint density at radius 1 is 0.720 bits per heavy atom. The van der Waals surface area contributed by atoms with Gasteiger partial charge in [-0.3, -0.25) is 0 Å². The molecule has 0 aliphatic rings. The topological polar surface area (TPSA) is 21.3 Å². The second kappa shape index (κ2) is 9.87. The monoisotopic (exact) mass is 353 g/mol. The van der Waals surface area contributed by atoms with Crippen molar-refractivity contribution in [3.63, 3.8) is 0 Å². The smallest absolute Gasteiger partial charge is 0.124 e. The number of ether oxygens (including phenoxy) is 1. The number of hydrogen-bond donors (Lipinski definition) is 1. The Hall–Kier alpha value is -2.29. The van der Waals surface area contributed by atoms with Crippen LogP contribution in [0.4, 0.5) is 0 Å². The van der Waals surface area contributed by atoms with Gasteiger partial charge in [-0.15, -0.1) is 12.4 Å². The van der Waals surface area contributed by atoms with Crippen molar-refractivity contribution in [2.75, 3.05) is 0 Å². The number of benzene rings is 3. The van der Waals surface area contributed by atoms with Crippen molar-refractivity contribution in [2.24, 2.45) is 0 Å². The fourth-order valence-electron chi connectivity index (χ4n) is 2.57. The SMILES string of the molecule is Cc1ccc(CNCc2ccccc2OCc2ccccc2)cc1.Cl. The van der Waals surface area contributed by atoms with Crippen molar-refractivity contribution in [1.29, 1.82) is 0 Å². The van der Waals surface area contributed by atoms with Crippen molar-refractivity contribution in [3.05, 3.63) is 101 Å². The summed E-state index contributed by atoms with van der Waals surface area (Å²) in [5, 5.41) is 3.50. The minimum Gasteiger partial charge on any atom is -0.489 e. The zero-order valence-corrected chi connectivity index (χ0v) is 15.3. The molecule has 0 atom stereocenters. The van der Waals surface area contributed by atoms with Crippen LogP contribution in [0, 0.1) is 6.92 Å². The third kappa shape index (κ3) is 5.93. The van der Waals surface area contributed by atoms with Crippen molar-refractivity contribution in [3.8, 4) is 5.75 Å². The van der Waals surface area contributed by atoms with Crippen molar-refractivity contribution in [1.82, 2.24) is 5.32 Å². The predicted molar refractivity (Wildman–Crippen MR) is 106 cm³/mol. The van der Waals surface area contributed by atoms with Gasteiger partial charge in [0, 0.05) is 18.7 Å². The molecule has 3 heteroatoms. The molecule has 0 radical (unpaired) electrons. The molecule has 3 aromatic rings. The Bertz CT molecular complexity index is 756. The average Bonchev–Trinajstić information content (AvgIpc) is 2.63. The fraction of sp³-hybridized carbons (Fsp3) is 0.182. The van der Waals surface area contributed by atoms with E-state index in [0.717, 1.165) is 18.8 Å². The van der Waals surface area contributed by atoms with E-state index in [1.807, 2.05) is 30.3 Å². The van der Waals surface area contributed by atoms with Gasteiger partial charge in [-0.05, 0) is 24.1 Å². The first-order valence-corrected chi connectivity index (χ1v) is 8.32. The van der Waals surface area contributed by atoms with E-state index in [-0.39, 0.29) is 12.4 Å². The van der Waals surface area contributed by atoms with Crippen LogP contribution in [-0.2, 0) is 19.7 Å². The van der Waals surface area contributed by atoms with E-state index in [9.17, 15) is 0 Å². The van der Waals surface area contributed by atoms with Crippen LogP contribution >= 0.6 is 12.4 Å². The van der Waals surface area contributed by atoms with Crippen molar-refractivity contribution < 1.29 is 4.74 Å².